The van der Waals surface area contributed by atoms with Gasteiger partial charge in [-0.2, -0.15) is 11.8 Å². The first-order valence-electron chi connectivity index (χ1n) is 9.18. The third kappa shape index (κ3) is 7.74. The number of aryl methyl sites for hydroxylation is 1. The summed E-state index contributed by atoms with van der Waals surface area (Å²) in [4.78, 5) is 25.1. The van der Waals surface area contributed by atoms with E-state index in [9.17, 15) is 9.59 Å². The van der Waals surface area contributed by atoms with Crippen LogP contribution in [0.3, 0.4) is 0 Å². The third-order valence-electron chi connectivity index (χ3n) is 4.28. The van der Waals surface area contributed by atoms with Gasteiger partial charge in [0.05, 0.1) is 20.6 Å². The van der Waals surface area contributed by atoms with Crippen LogP contribution in [0.4, 0.5) is 0 Å². The summed E-state index contributed by atoms with van der Waals surface area (Å²) in [5, 5.41) is 7.11. The number of benzene rings is 2. The van der Waals surface area contributed by atoms with E-state index in [0.717, 1.165) is 24.2 Å². The van der Waals surface area contributed by atoms with Crippen LogP contribution in [0.2, 0.25) is 15.1 Å². The zero-order valence-electron chi connectivity index (χ0n) is 16.0. The molecule has 1 atom stereocenters. The summed E-state index contributed by atoms with van der Waals surface area (Å²) in [6.07, 6.45) is 4.01. The zero-order chi connectivity index (χ0) is 21.2. The van der Waals surface area contributed by atoms with Gasteiger partial charge in [0.25, 0.3) is 5.91 Å². The molecule has 0 bridgehead atoms. The molecule has 2 amide bonds. The van der Waals surface area contributed by atoms with E-state index in [1.807, 2.05) is 18.4 Å². The smallest absolute Gasteiger partial charge is 0.253 e. The Labute approximate surface area is 190 Å². The SMILES string of the molecule is CSCCC(NC(=O)c1ccccc1Cl)C(=O)NCCCc1ccc(Cl)c(Cl)c1. The lowest BCUT2D eigenvalue weighted by atomic mass is 10.1. The molecule has 2 aromatic carbocycles. The van der Waals surface area contributed by atoms with E-state index in [0.29, 0.717) is 33.6 Å². The summed E-state index contributed by atoms with van der Waals surface area (Å²) in [6.45, 7) is 0.497. The second-order valence-electron chi connectivity index (χ2n) is 6.43. The molecule has 29 heavy (non-hydrogen) atoms. The van der Waals surface area contributed by atoms with Crippen molar-refractivity contribution >= 4 is 58.4 Å². The maximum Gasteiger partial charge on any atom is 0.253 e. The number of nitrogens with one attached hydrogen (secondary N) is 2. The van der Waals surface area contributed by atoms with E-state index >= 15 is 0 Å². The van der Waals surface area contributed by atoms with Crippen molar-refractivity contribution in [2.75, 3.05) is 18.6 Å². The molecule has 1 unspecified atom stereocenters. The van der Waals surface area contributed by atoms with Crippen LogP contribution < -0.4 is 10.6 Å². The fraction of sp³-hybridized carbons (Fsp3) is 0.333. The highest BCUT2D eigenvalue weighted by Gasteiger charge is 2.21. The third-order valence-corrected chi connectivity index (χ3v) is 5.99. The molecule has 0 aliphatic rings. The van der Waals surface area contributed by atoms with Crippen LogP contribution in [0.15, 0.2) is 42.5 Å². The topological polar surface area (TPSA) is 58.2 Å². The normalized spacial score (nSPS) is 11.7. The fourth-order valence-electron chi connectivity index (χ4n) is 2.71. The van der Waals surface area contributed by atoms with Crippen molar-refractivity contribution in [3.05, 3.63) is 68.7 Å². The van der Waals surface area contributed by atoms with Crippen LogP contribution in [-0.4, -0.2) is 36.4 Å². The number of rotatable bonds is 10. The van der Waals surface area contributed by atoms with Crippen molar-refractivity contribution in [1.29, 1.82) is 0 Å². The van der Waals surface area contributed by atoms with Gasteiger partial charge in [-0.15, -0.1) is 0 Å². The van der Waals surface area contributed by atoms with Gasteiger partial charge in [-0.1, -0.05) is 53.0 Å². The summed E-state index contributed by atoms with van der Waals surface area (Å²) >= 11 is 19.7. The molecular formula is C21H23Cl3N2O2S. The molecule has 0 aromatic heterocycles. The summed E-state index contributed by atoms with van der Waals surface area (Å²) in [5.41, 5.74) is 1.41. The second-order valence-corrected chi connectivity index (χ2v) is 8.64. The van der Waals surface area contributed by atoms with E-state index in [2.05, 4.69) is 10.6 Å². The molecule has 0 saturated heterocycles. The van der Waals surface area contributed by atoms with Gasteiger partial charge in [0, 0.05) is 6.54 Å². The predicted octanol–water partition coefficient (Wildman–Crippen LogP) is 5.25. The summed E-state index contributed by atoms with van der Waals surface area (Å²) < 4.78 is 0. The maximum atomic E-state index is 12.6. The lowest BCUT2D eigenvalue weighted by Gasteiger charge is -2.18. The number of carbonyl (C=O) groups is 2. The van der Waals surface area contributed by atoms with Gasteiger partial charge in [0.15, 0.2) is 0 Å². The Morgan fingerprint density at radius 2 is 1.79 bits per heavy atom. The maximum absolute atomic E-state index is 12.6. The van der Waals surface area contributed by atoms with Crippen molar-refractivity contribution in [3.8, 4) is 0 Å². The lowest BCUT2D eigenvalue weighted by Crippen LogP contribution is -2.47. The number of carbonyl (C=O) groups excluding carboxylic acids is 2. The van der Waals surface area contributed by atoms with Gasteiger partial charge in [-0.05, 0) is 61.1 Å². The molecule has 2 N–H and O–H groups in total. The van der Waals surface area contributed by atoms with Crippen LogP contribution in [0, 0.1) is 0 Å². The summed E-state index contributed by atoms with van der Waals surface area (Å²) in [6, 6.07) is 11.7. The monoisotopic (exact) mass is 472 g/mol. The molecular weight excluding hydrogens is 451 g/mol. The largest absolute Gasteiger partial charge is 0.354 e. The van der Waals surface area contributed by atoms with Crippen LogP contribution in [0.1, 0.15) is 28.8 Å². The number of halogens is 3. The van der Waals surface area contributed by atoms with E-state index < -0.39 is 6.04 Å². The van der Waals surface area contributed by atoms with Gasteiger partial charge in [-0.3, -0.25) is 9.59 Å². The second kappa shape index (κ2) is 12.3. The van der Waals surface area contributed by atoms with Gasteiger partial charge in [0.1, 0.15) is 6.04 Å². The van der Waals surface area contributed by atoms with Crippen molar-refractivity contribution in [2.45, 2.75) is 25.3 Å². The van der Waals surface area contributed by atoms with Crippen molar-refractivity contribution in [3.63, 3.8) is 0 Å². The van der Waals surface area contributed by atoms with Crippen LogP contribution in [0.5, 0.6) is 0 Å². The van der Waals surface area contributed by atoms with Gasteiger partial charge >= 0.3 is 0 Å². The zero-order valence-corrected chi connectivity index (χ0v) is 19.1. The quantitative estimate of drug-likeness (QED) is 0.464. The van der Waals surface area contributed by atoms with E-state index in [1.165, 1.54) is 0 Å². The average molecular weight is 474 g/mol. The first kappa shape index (κ1) is 23.9. The fourth-order valence-corrected chi connectivity index (χ4v) is 3.72. The molecule has 0 heterocycles. The summed E-state index contributed by atoms with van der Waals surface area (Å²) in [7, 11) is 0. The van der Waals surface area contributed by atoms with E-state index in [-0.39, 0.29) is 11.8 Å². The minimum Gasteiger partial charge on any atom is -0.354 e. The molecule has 0 saturated carbocycles. The molecule has 156 valence electrons. The van der Waals surface area contributed by atoms with Crippen molar-refractivity contribution < 1.29 is 9.59 Å². The Morgan fingerprint density at radius 3 is 2.48 bits per heavy atom. The molecule has 0 spiro atoms. The molecule has 8 heteroatoms. The van der Waals surface area contributed by atoms with Crippen molar-refractivity contribution in [1.82, 2.24) is 10.6 Å². The van der Waals surface area contributed by atoms with Crippen LogP contribution >= 0.6 is 46.6 Å². The van der Waals surface area contributed by atoms with Gasteiger partial charge in [0.2, 0.25) is 5.91 Å². The molecule has 4 nitrogen and oxygen atoms in total. The molecule has 0 aliphatic heterocycles. The van der Waals surface area contributed by atoms with Crippen molar-refractivity contribution in [2.24, 2.45) is 0 Å². The van der Waals surface area contributed by atoms with Crippen LogP contribution in [-0.2, 0) is 11.2 Å². The molecule has 0 aliphatic carbocycles. The lowest BCUT2D eigenvalue weighted by molar-refractivity contribution is -0.123. The minimum atomic E-state index is -0.615. The Hall–Kier alpha value is -1.40. The molecule has 0 fully saturated rings. The number of thioether (sulfide) groups is 1. The van der Waals surface area contributed by atoms with E-state index in [1.54, 1.807) is 42.1 Å². The number of hydrogen-bond acceptors (Lipinski definition) is 3. The standard InChI is InChI=1S/C21H23Cl3N2O2S/c1-29-12-10-19(26-20(27)15-6-2-3-7-16(15)22)21(28)25-11-4-5-14-8-9-17(23)18(24)13-14/h2-3,6-9,13,19H,4-5,10-12H2,1H3,(H,25,28)(H,26,27). The molecule has 2 aromatic rings. The first-order valence-corrected chi connectivity index (χ1v) is 11.7. The Morgan fingerprint density at radius 1 is 1.03 bits per heavy atom. The number of amides is 2. The van der Waals surface area contributed by atoms with E-state index in [4.69, 9.17) is 34.8 Å². The van der Waals surface area contributed by atoms with Gasteiger partial charge in [-0.25, -0.2) is 0 Å². The predicted molar refractivity (Wildman–Crippen MR) is 123 cm³/mol. The Kier molecular flexibility index (Phi) is 10.2. The minimum absolute atomic E-state index is 0.200. The number of hydrogen-bond donors (Lipinski definition) is 2. The highest BCUT2D eigenvalue weighted by Crippen LogP contribution is 2.23. The molecule has 2 rings (SSSR count). The Balaban J connectivity index is 1.88. The highest BCUT2D eigenvalue weighted by molar-refractivity contribution is 7.98. The first-order chi connectivity index (χ1) is 13.9. The average Bonchev–Trinajstić information content (AvgIpc) is 2.71. The Bertz CT molecular complexity index is 848. The van der Waals surface area contributed by atoms with Crippen LogP contribution in [0.25, 0.3) is 0 Å². The molecule has 0 radical (unpaired) electrons. The summed E-state index contributed by atoms with van der Waals surface area (Å²) in [5.74, 6) is 0.200. The highest BCUT2D eigenvalue weighted by atomic mass is 35.5. The van der Waals surface area contributed by atoms with Gasteiger partial charge < -0.3 is 10.6 Å².